The summed E-state index contributed by atoms with van der Waals surface area (Å²) in [7, 11) is 1.71. The van der Waals surface area contributed by atoms with Crippen LogP contribution in [0.3, 0.4) is 0 Å². The van der Waals surface area contributed by atoms with Gasteiger partial charge in [0.2, 0.25) is 0 Å². The summed E-state index contributed by atoms with van der Waals surface area (Å²) in [6.45, 7) is 1.82. The summed E-state index contributed by atoms with van der Waals surface area (Å²) >= 11 is 1.90. The molecule has 0 aliphatic heterocycles. The van der Waals surface area contributed by atoms with Crippen LogP contribution in [0.5, 0.6) is 5.75 Å². The lowest BCUT2D eigenvalue weighted by Crippen LogP contribution is -2.35. The van der Waals surface area contributed by atoms with Gasteiger partial charge in [-0.1, -0.05) is 31.4 Å². The Hall–Kier alpha value is -0.370. The fraction of sp³-hybridized carbons (Fsp3) is 0.667. The maximum absolute atomic E-state index is 6.05. The molecular weight excluding hydrogens is 405 g/mol. The maximum atomic E-state index is 6.05. The zero-order valence-corrected chi connectivity index (χ0v) is 16.1. The second kappa shape index (κ2) is 9.81. The van der Waals surface area contributed by atoms with Gasteiger partial charge in [0.15, 0.2) is 0 Å². The SMILES string of the molecule is COC(CCN)(COI)c1cccc(OCC2CCCCC2)c1. The fourth-order valence-corrected chi connectivity index (χ4v) is 3.84. The van der Waals surface area contributed by atoms with Gasteiger partial charge in [-0.15, -0.1) is 0 Å². The Morgan fingerprint density at radius 2 is 2.04 bits per heavy atom. The molecule has 1 aliphatic rings. The number of hydrogen-bond donors (Lipinski definition) is 1. The molecule has 2 N–H and O–H groups in total. The first kappa shape index (κ1) is 19.0. The Balaban J connectivity index is 2.07. The van der Waals surface area contributed by atoms with E-state index in [9.17, 15) is 0 Å². The van der Waals surface area contributed by atoms with Crippen LogP contribution in [0.4, 0.5) is 0 Å². The molecule has 5 heteroatoms. The Kier molecular flexibility index (Phi) is 8.09. The van der Waals surface area contributed by atoms with Crippen molar-refractivity contribution in [3.05, 3.63) is 29.8 Å². The smallest absolute Gasteiger partial charge is 0.119 e. The minimum absolute atomic E-state index is 0.466. The van der Waals surface area contributed by atoms with Crippen molar-refractivity contribution in [2.75, 3.05) is 26.9 Å². The van der Waals surface area contributed by atoms with Gasteiger partial charge in [-0.25, -0.2) is 0 Å². The van der Waals surface area contributed by atoms with E-state index in [1.807, 2.05) is 35.1 Å². The molecule has 1 fully saturated rings. The van der Waals surface area contributed by atoms with Crippen molar-refractivity contribution in [3.63, 3.8) is 0 Å². The molecule has 2 rings (SSSR count). The highest BCUT2D eigenvalue weighted by atomic mass is 127. The summed E-state index contributed by atoms with van der Waals surface area (Å²) in [5, 5.41) is 0. The number of benzene rings is 1. The van der Waals surface area contributed by atoms with Gasteiger partial charge in [0.25, 0.3) is 0 Å². The standard InChI is InChI=1S/C18H28INO3/c1-21-18(10-11-20,14-23-19)16-8-5-9-17(12-16)22-13-15-6-3-2-4-7-15/h5,8-9,12,15H,2-4,6-7,10-11,13-14,20H2,1H3. The predicted octanol–water partition coefficient (Wildman–Crippen LogP) is 4.20. The first-order valence-corrected chi connectivity index (χ1v) is 9.34. The molecule has 0 amide bonds. The molecule has 0 heterocycles. The van der Waals surface area contributed by atoms with Crippen LogP contribution in [-0.2, 0) is 13.4 Å². The summed E-state index contributed by atoms with van der Waals surface area (Å²) in [4.78, 5) is 0. The number of ether oxygens (including phenoxy) is 2. The van der Waals surface area contributed by atoms with Crippen LogP contribution in [0.2, 0.25) is 0 Å². The van der Waals surface area contributed by atoms with Gasteiger partial charge >= 0.3 is 0 Å². The van der Waals surface area contributed by atoms with Crippen molar-refractivity contribution in [2.24, 2.45) is 11.7 Å². The van der Waals surface area contributed by atoms with E-state index in [0.717, 1.165) is 17.9 Å². The molecule has 130 valence electrons. The first-order chi connectivity index (χ1) is 11.2. The molecule has 1 aromatic carbocycles. The minimum atomic E-state index is -0.514. The van der Waals surface area contributed by atoms with E-state index in [-0.39, 0.29) is 0 Å². The Morgan fingerprint density at radius 3 is 2.70 bits per heavy atom. The van der Waals surface area contributed by atoms with Crippen LogP contribution in [-0.4, -0.2) is 26.9 Å². The molecule has 1 aliphatic carbocycles. The van der Waals surface area contributed by atoms with Gasteiger partial charge in [-0.2, -0.15) is 0 Å². The molecular formula is C18H28INO3. The molecule has 1 saturated carbocycles. The van der Waals surface area contributed by atoms with Crippen molar-refractivity contribution in [2.45, 2.75) is 44.1 Å². The largest absolute Gasteiger partial charge is 0.493 e. The fourth-order valence-electron chi connectivity index (χ4n) is 3.34. The van der Waals surface area contributed by atoms with Gasteiger partial charge in [0, 0.05) is 7.11 Å². The van der Waals surface area contributed by atoms with E-state index < -0.39 is 5.60 Å². The molecule has 1 aromatic rings. The van der Waals surface area contributed by atoms with Gasteiger partial charge in [-0.05, 0) is 49.4 Å². The number of nitrogens with two attached hydrogens (primary N) is 1. The summed E-state index contributed by atoms with van der Waals surface area (Å²) in [5.74, 6) is 1.60. The van der Waals surface area contributed by atoms with Crippen LogP contribution in [0.1, 0.15) is 44.1 Å². The van der Waals surface area contributed by atoms with Crippen molar-refractivity contribution in [1.82, 2.24) is 0 Å². The molecule has 0 bridgehead atoms. The summed E-state index contributed by atoms with van der Waals surface area (Å²) in [6.07, 6.45) is 7.33. The quantitative estimate of drug-likeness (QED) is 0.593. The summed E-state index contributed by atoms with van der Waals surface area (Å²) in [5.41, 5.74) is 6.33. The van der Waals surface area contributed by atoms with Crippen molar-refractivity contribution >= 4 is 23.0 Å². The van der Waals surface area contributed by atoms with E-state index in [0.29, 0.717) is 25.5 Å². The Bertz CT molecular complexity index is 457. The maximum Gasteiger partial charge on any atom is 0.119 e. The van der Waals surface area contributed by atoms with E-state index in [4.69, 9.17) is 18.3 Å². The number of rotatable bonds is 9. The Morgan fingerprint density at radius 1 is 1.26 bits per heavy atom. The second-order valence-corrected chi connectivity index (χ2v) is 6.96. The Labute approximate surface area is 153 Å². The summed E-state index contributed by atoms with van der Waals surface area (Å²) < 4.78 is 17.2. The van der Waals surface area contributed by atoms with E-state index in [1.54, 1.807) is 7.11 Å². The highest BCUT2D eigenvalue weighted by Gasteiger charge is 2.32. The third-order valence-corrected chi connectivity index (χ3v) is 5.11. The van der Waals surface area contributed by atoms with Crippen LogP contribution < -0.4 is 10.5 Å². The van der Waals surface area contributed by atoms with Crippen molar-refractivity contribution in [1.29, 1.82) is 0 Å². The van der Waals surface area contributed by atoms with Crippen LogP contribution in [0.25, 0.3) is 0 Å². The topological polar surface area (TPSA) is 53.7 Å². The highest BCUT2D eigenvalue weighted by Crippen LogP contribution is 2.32. The number of halogens is 1. The third kappa shape index (κ3) is 5.31. The van der Waals surface area contributed by atoms with Crippen molar-refractivity contribution in [3.8, 4) is 5.75 Å². The molecule has 0 spiro atoms. The van der Waals surface area contributed by atoms with Crippen molar-refractivity contribution < 1.29 is 12.5 Å². The first-order valence-electron chi connectivity index (χ1n) is 8.46. The zero-order valence-electron chi connectivity index (χ0n) is 13.9. The van der Waals surface area contributed by atoms with Crippen LogP contribution in [0.15, 0.2) is 24.3 Å². The van der Waals surface area contributed by atoms with E-state index in [1.165, 1.54) is 32.1 Å². The molecule has 1 unspecified atom stereocenters. The second-order valence-electron chi connectivity index (χ2n) is 6.33. The van der Waals surface area contributed by atoms with Crippen LogP contribution in [0, 0.1) is 5.92 Å². The van der Waals surface area contributed by atoms with E-state index >= 15 is 0 Å². The molecule has 0 radical (unpaired) electrons. The third-order valence-electron chi connectivity index (χ3n) is 4.80. The number of methoxy groups -OCH3 is 1. The van der Waals surface area contributed by atoms with Crippen LogP contribution >= 0.6 is 23.0 Å². The molecule has 0 saturated heterocycles. The average molecular weight is 433 g/mol. The van der Waals surface area contributed by atoms with Gasteiger partial charge in [0.05, 0.1) is 13.2 Å². The van der Waals surface area contributed by atoms with Gasteiger partial charge in [0.1, 0.15) is 34.4 Å². The minimum Gasteiger partial charge on any atom is -0.493 e. The lowest BCUT2D eigenvalue weighted by Gasteiger charge is -2.32. The van der Waals surface area contributed by atoms with Gasteiger partial charge in [-0.3, -0.25) is 0 Å². The molecule has 23 heavy (non-hydrogen) atoms. The highest BCUT2D eigenvalue weighted by molar-refractivity contribution is 14.1. The predicted molar refractivity (Wildman–Crippen MR) is 101 cm³/mol. The lowest BCUT2D eigenvalue weighted by molar-refractivity contribution is -0.0448. The monoisotopic (exact) mass is 433 g/mol. The zero-order chi connectivity index (χ0) is 16.5. The summed E-state index contributed by atoms with van der Waals surface area (Å²) in [6, 6.07) is 8.16. The molecule has 1 atom stereocenters. The van der Waals surface area contributed by atoms with E-state index in [2.05, 4.69) is 12.1 Å². The average Bonchev–Trinajstić information content (AvgIpc) is 2.61. The molecule has 0 aromatic heterocycles. The lowest BCUT2D eigenvalue weighted by atomic mass is 9.90. The number of hydrogen-bond acceptors (Lipinski definition) is 4. The normalized spacial score (nSPS) is 18.6. The molecule has 4 nitrogen and oxygen atoms in total. The van der Waals surface area contributed by atoms with Gasteiger partial charge < -0.3 is 18.3 Å².